The van der Waals surface area contributed by atoms with Gasteiger partial charge in [0.2, 0.25) is 0 Å². The molecule has 0 spiro atoms. The molecule has 1 atom stereocenters. The van der Waals surface area contributed by atoms with Gasteiger partial charge in [0.15, 0.2) is 0 Å². The number of methoxy groups -OCH3 is 1. The van der Waals surface area contributed by atoms with Crippen LogP contribution in [0.25, 0.3) is 0 Å². The van der Waals surface area contributed by atoms with Crippen LogP contribution in [0.1, 0.15) is 15.9 Å². The van der Waals surface area contributed by atoms with Gasteiger partial charge in [-0.1, -0.05) is 12.1 Å². The molecule has 0 aromatic heterocycles. The van der Waals surface area contributed by atoms with Crippen molar-refractivity contribution < 1.29 is 14.3 Å². The van der Waals surface area contributed by atoms with Crippen LogP contribution in [0.3, 0.4) is 0 Å². The van der Waals surface area contributed by atoms with Crippen LogP contribution in [0, 0.1) is 0 Å². The lowest BCUT2D eigenvalue weighted by Crippen LogP contribution is -2.34. The average Bonchev–Trinajstić information content (AvgIpc) is 2.26. The summed E-state index contributed by atoms with van der Waals surface area (Å²) in [5, 5.41) is 0. The summed E-state index contributed by atoms with van der Waals surface area (Å²) in [6, 6.07) is 5.43. The second kappa shape index (κ2) is 5.18. The number of esters is 1. The number of hydrogen-bond donors (Lipinski definition) is 1. The Morgan fingerprint density at radius 2 is 2.31 bits per heavy atom. The second-order valence-corrected chi connectivity index (χ2v) is 3.56. The summed E-state index contributed by atoms with van der Waals surface area (Å²) in [5.74, 6) is 0.244. The predicted octanol–water partition coefficient (Wildman–Crippen LogP) is 1.16. The van der Waals surface area contributed by atoms with Crippen molar-refractivity contribution in [3.05, 3.63) is 29.3 Å². The Morgan fingerprint density at radius 3 is 3.00 bits per heavy atom. The molecule has 1 aliphatic heterocycles. The van der Waals surface area contributed by atoms with Crippen molar-refractivity contribution in [1.82, 2.24) is 0 Å². The number of ether oxygens (including phenoxy) is 2. The van der Waals surface area contributed by atoms with Crippen LogP contribution in [0.2, 0.25) is 0 Å². The standard InChI is InChI=1S/C11H13NO3.ClH/c1-14-11(13)9-4-2-3-7-5-8(12)6-15-10(7)9;/h2-4,8H,5-6,12H2,1H3;1H. The molecule has 0 saturated carbocycles. The van der Waals surface area contributed by atoms with Crippen molar-refractivity contribution in [2.24, 2.45) is 5.73 Å². The molecule has 0 fully saturated rings. The summed E-state index contributed by atoms with van der Waals surface area (Å²) >= 11 is 0. The summed E-state index contributed by atoms with van der Waals surface area (Å²) in [6.07, 6.45) is 0.736. The Labute approximate surface area is 100 Å². The van der Waals surface area contributed by atoms with Crippen molar-refractivity contribution in [2.45, 2.75) is 12.5 Å². The number of para-hydroxylation sites is 1. The lowest BCUT2D eigenvalue weighted by atomic mass is 10.00. The van der Waals surface area contributed by atoms with Crippen LogP contribution in [0.5, 0.6) is 5.75 Å². The number of halogens is 1. The van der Waals surface area contributed by atoms with E-state index in [-0.39, 0.29) is 24.4 Å². The van der Waals surface area contributed by atoms with Crippen LogP contribution < -0.4 is 10.5 Å². The fraction of sp³-hybridized carbons (Fsp3) is 0.364. The van der Waals surface area contributed by atoms with Gasteiger partial charge in [0.25, 0.3) is 0 Å². The summed E-state index contributed by atoms with van der Waals surface area (Å²) in [7, 11) is 1.36. The van der Waals surface area contributed by atoms with Crippen LogP contribution in [0.4, 0.5) is 0 Å². The molecule has 2 rings (SSSR count). The lowest BCUT2D eigenvalue weighted by Gasteiger charge is -2.23. The first-order valence-corrected chi connectivity index (χ1v) is 4.81. The Hall–Kier alpha value is -1.26. The number of hydrogen-bond acceptors (Lipinski definition) is 4. The van der Waals surface area contributed by atoms with Gasteiger partial charge in [0.05, 0.1) is 7.11 Å². The first-order valence-electron chi connectivity index (χ1n) is 4.81. The highest BCUT2D eigenvalue weighted by Crippen LogP contribution is 2.28. The van der Waals surface area contributed by atoms with Crippen molar-refractivity contribution in [3.8, 4) is 5.75 Å². The molecule has 0 amide bonds. The van der Waals surface area contributed by atoms with E-state index in [1.807, 2.05) is 12.1 Å². The Balaban J connectivity index is 0.00000128. The highest BCUT2D eigenvalue weighted by Gasteiger charge is 2.22. The first kappa shape index (κ1) is 12.8. The van der Waals surface area contributed by atoms with Gasteiger partial charge in [-0.05, 0) is 18.1 Å². The van der Waals surface area contributed by atoms with Gasteiger partial charge in [-0.25, -0.2) is 4.79 Å². The molecule has 5 heteroatoms. The van der Waals surface area contributed by atoms with E-state index >= 15 is 0 Å². The van der Waals surface area contributed by atoms with Gasteiger partial charge in [0.1, 0.15) is 17.9 Å². The largest absolute Gasteiger partial charge is 0.491 e. The number of benzene rings is 1. The van der Waals surface area contributed by atoms with Crippen molar-refractivity contribution in [3.63, 3.8) is 0 Å². The number of carbonyl (C=O) groups excluding carboxylic acids is 1. The highest BCUT2D eigenvalue weighted by atomic mass is 35.5. The smallest absolute Gasteiger partial charge is 0.341 e. The highest BCUT2D eigenvalue weighted by molar-refractivity contribution is 5.93. The minimum absolute atomic E-state index is 0. The van der Waals surface area contributed by atoms with Crippen LogP contribution in [-0.4, -0.2) is 25.7 Å². The third-order valence-corrected chi connectivity index (χ3v) is 2.43. The molecule has 0 radical (unpaired) electrons. The maximum atomic E-state index is 11.4. The molecule has 0 saturated heterocycles. The van der Waals surface area contributed by atoms with Gasteiger partial charge < -0.3 is 15.2 Å². The minimum atomic E-state index is -0.373. The van der Waals surface area contributed by atoms with E-state index in [1.54, 1.807) is 6.07 Å². The van der Waals surface area contributed by atoms with E-state index in [0.29, 0.717) is 17.9 Å². The Kier molecular flexibility index (Phi) is 4.15. The minimum Gasteiger partial charge on any atom is -0.491 e. The summed E-state index contributed by atoms with van der Waals surface area (Å²) in [6.45, 7) is 0.445. The molecular formula is C11H14ClNO3. The molecule has 4 nitrogen and oxygen atoms in total. The SMILES string of the molecule is COC(=O)c1cccc2c1OCC(N)C2.Cl. The molecule has 0 aliphatic carbocycles. The fourth-order valence-corrected chi connectivity index (χ4v) is 1.72. The molecule has 1 aromatic carbocycles. The fourth-order valence-electron chi connectivity index (χ4n) is 1.72. The zero-order chi connectivity index (χ0) is 10.8. The van der Waals surface area contributed by atoms with E-state index in [2.05, 4.69) is 4.74 Å². The number of fused-ring (bicyclic) bond motifs is 1. The van der Waals surface area contributed by atoms with Crippen LogP contribution in [-0.2, 0) is 11.2 Å². The molecule has 1 aliphatic rings. The van der Waals surface area contributed by atoms with E-state index in [0.717, 1.165) is 12.0 Å². The zero-order valence-corrected chi connectivity index (χ0v) is 9.75. The van der Waals surface area contributed by atoms with Crippen molar-refractivity contribution >= 4 is 18.4 Å². The maximum absolute atomic E-state index is 11.4. The average molecular weight is 244 g/mol. The van der Waals surface area contributed by atoms with Crippen molar-refractivity contribution in [1.29, 1.82) is 0 Å². The Morgan fingerprint density at radius 1 is 1.56 bits per heavy atom. The van der Waals surface area contributed by atoms with E-state index in [4.69, 9.17) is 10.5 Å². The molecule has 0 bridgehead atoms. The normalized spacial score (nSPS) is 17.8. The van der Waals surface area contributed by atoms with Gasteiger partial charge in [0, 0.05) is 6.04 Å². The summed E-state index contributed by atoms with van der Waals surface area (Å²) < 4.78 is 10.1. The third kappa shape index (κ3) is 2.28. The van der Waals surface area contributed by atoms with Crippen LogP contribution in [0.15, 0.2) is 18.2 Å². The molecule has 88 valence electrons. The molecular weight excluding hydrogens is 230 g/mol. The number of rotatable bonds is 1. The van der Waals surface area contributed by atoms with Crippen molar-refractivity contribution in [2.75, 3.05) is 13.7 Å². The van der Waals surface area contributed by atoms with Gasteiger partial charge in [-0.15, -0.1) is 12.4 Å². The van der Waals surface area contributed by atoms with Crippen LogP contribution >= 0.6 is 12.4 Å². The Bertz CT molecular complexity index is 395. The van der Waals surface area contributed by atoms with Gasteiger partial charge >= 0.3 is 5.97 Å². The molecule has 1 aromatic rings. The van der Waals surface area contributed by atoms with Gasteiger partial charge in [-0.3, -0.25) is 0 Å². The quantitative estimate of drug-likeness (QED) is 0.752. The number of nitrogens with two attached hydrogens (primary N) is 1. The third-order valence-electron chi connectivity index (χ3n) is 2.43. The molecule has 1 heterocycles. The van der Waals surface area contributed by atoms with E-state index < -0.39 is 0 Å². The topological polar surface area (TPSA) is 61.5 Å². The zero-order valence-electron chi connectivity index (χ0n) is 8.93. The maximum Gasteiger partial charge on any atom is 0.341 e. The molecule has 1 unspecified atom stereocenters. The first-order chi connectivity index (χ1) is 7.22. The van der Waals surface area contributed by atoms with E-state index in [1.165, 1.54) is 7.11 Å². The molecule has 16 heavy (non-hydrogen) atoms. The summed E-state index contributed by atoms with van der Waals surface area (Å²) in [5.41, 5.74) is 7.21. The van der Waals surface area contributed by atoms with Gasteiger partial charge in [-0.2, -0.15) is 0 Å². The van der Waals surface area contributed by atoms with E-state index in [9.17, 15) is 4.79 Å². The summed E-state index contributed by atoms with van der Waals surface area (Å²) in [4.78, 5) is 11.4. The molecule has 2 N–H and O–H groups in total. The lowest BCUT2D eigenvalue weighted by molar-refractivity contribution is 0.0594. The second-order valence-electron chi connectivity index (χ2n) is 3.56. The monoisotopic (exact) mass is 243 g/mol. The number of carbonyl (C=O) groups is 1. The predicted molar refractivity (Wildman–Crippen MR) is 62.2 cm³/mol.